The van der Waals surface area contributed by atoms with E-state index in [1.165, 1.54) is 0 Å². The van der Waals surface area contributed by atoms with Gasteiger partial charge in [-0.05, 0) is 42.0 Å². The maximum absolute atomic E-state index is 12.0. The van der Waals surface area contributed by atoms with Crippen molar-refractivity contribution in [1.82, 2.24) is 9.13 Å². The third-order valence-corrected chi connectivity index (χ3v) is 4.51. The number of fused-ring (bicyclic) bond motifs is 1. The van der Waals surface area contributed by atoms with Crippen molar-refractivity contribution in [2.45, 2.75) is 20.4 Å². The number of benzene rings is 2. The second-order valence-electron chi connectivity index (χ2n) is 6.80. The first-order valence-electron chi connectivity index (χ1n) is 8.66. The summed E-state index contributed by atoms with van der Waals surface area (Å²) in [6, 6.07) is 13.7. The number of nitrogens with zero attached hydrogens (tertiary/aromatic N) is 2. The Kier molecular flexibility index (Phi) is 4.84. The molecule has 2 aromatic carbocycles. The van der Waals surface area contributed by atoms with Crippen LogP contribution in [0.5, 0.6) is 0 Å². The van der Waals surface area contributed by atoms with Gasteiger partial charge in [0.25, 0.3) is 0 Å². The Balaban J connectivity index is 1.69. The number of carbonyl (C=O) groups is 1. The molecule has 0 saturated carbocycles. The molecular formula is C20H24N4O2. The smallest absolute Gasteiger partial charge is 0.328 e. The molecule has 0 unspecified atom stereocenters. The van der Waals surface area contributed by atoms with Gasteiger partial charge in [-0.15, -0.1) is 0 Å². The second-order valence-corrected chi connectivity index (χ2v) is 6.80. The summed E-state index contributed by atoms with van der Waals surface area (Å²) in [6.45, 7) is 4.38. The minimum Gasteiger partial charge on any atom is -0.381 e. The van der Waals surface area contributed by atoms with Crippen molar-refractivity contribution in [2.24, 2.45) is 20.0 Å². The summed E-state index contributed by atoms with van der Waals surface area (Å²) >= 11 is 0. The van der Waals surface area contributed by atoms with E-state index in [-0.39, 0.29) is 17.5 Å². The zero-order valence-corrected chi connectivity index (χ0v) is 15.5. The topological polar surface area (TPSA) is 68.1 Å². The van der Waals surface area contributed by atoms with Crippen LogP contribution in [0.2, 0.25) is 0 Å². The highest BCUT2D eigenvalue weighted by atomic mass is 16.2. The highest BCUT2D eigenvalue weighted by Crippen LogP contribution is 2.18. The van der Waals surface area contributed by atoms with Crippen molar-refractivity contribution >= 4 is 28.3 Å². The van der Waals surface area contributed by atoms with Crippen molar-refractivity contribution in [3.8, 4) is 0 Å². The quantitative estimate of drug-likeness (QED) is 0.741. The molecule has 0 atom stereocenters. The van der Waals surface area contributed by atoms with Crippen LogP contribution < -0.4 is 16.3 Å². The number of rotatable bonds is 5. The van der Waals surface area contributed by atoms with E-state index in [2.05, 4.69) is 10.6 Å². The molecule has 2 N–H and O–H groups in total. The lowest BCUT2D eigenvalue weighted by Gasteiger charge is -2.10. The first-order valence-corrected chi connectivity index (χ1v) is 8.66. The van der Waals surface area contributed by atoms with Gasteiger partial charge in [-0.2, -0.15) is 0 Å². The van der Waals surface area contributed by atoms with Crippen LogP contribution in [0, 0.1) is 5.92 Å². The number of aromatic nitrogens is 2. The lowest BCUT2D eigenvalue weighted by Crippen LogP contribution is -2.19. The van der Waals surface area contributed by atoms with Crippen molar-refractivity contribution in [3.63, 3.8) is 0 Å². The molecule has 26 heavy (non-hydrogen) atoms. The Bertz CT molecular complexity index is 997. The Morgan fingerprint density at radius 3 is 2.23 bits per heavy atom. The lowest BCUT2D eigenvalue weighted by atomic mass is 10.2. The standard InChI is InChI=1S/C20H24N4O2/c1-13(2)19(25)22-16-8-6-15(7-9-16)21-12-14-5-10-17-18(11-14)24(4)20(26)23(17)3/h5-11,13,21H,12H2,1-4H3,(H,22,25). The van der Waals surface area contributed by atoms with Crippen LogP contribution >= 0.6 is 0 Å². The number of hydrogen-bond donors (Lipinski definition) is 2. The van der Waals surface area contributed by atoms with Crippen molar-refractivity contribution in [2.75, 3.05) is 10.6 Å². The SMILES string of the molecule is CC(C)C(=O)Nc1ccc(NCc2ccc3c(c2)n(C)c(=O)n3C)cc1. The molecule has 3 rings (SSSR count). The maximum Gasteiger partial charge on any atom is 0.328 e. The summed E-state index contributed by atoms with van der Waals surface area (Å²) in [4.78, 5) is 23.7. The number of aryl methyl sites for hydroxylation is 2. The first kappa shape index (κ1) is 17.8. The van der Waals surface area contributed by atoms with Gasteiger partial charge >= 0.3 is 5.69 Å². The highest BCUT2D eigenvalue weighted by molar-refractivity contribution is 5.92. The molecule has 1 amide bonds. The number of amides is 1. The van der Waals surface area contributed by atoms with Crippen LogP contribution in [-0.4, -0.2) is 15.0 Å². The highest BCUT2D eigenvalue weighted by Gasteiger charge is 2.08. The summed E-state index contributed by atoms with van der Waals surface area (Å²) in [5, 5.41) is 6.24. The van der Waals surface area contributed by atoms with E-state index < -0.39 is 0 Å². The van der Waals surface area contributed by atoms with Crippen molar-refractivity contribution in [1.29, 1.82) is 0 Å². The molecule has 0 fully saturated rings. The molecule has 0 saturated heterocycles. The monoisotopic (exact) mass is 352 g/mol. The van der Waals surface area contributed by atoms with Gasteiger partial charge in [0.05, 0.1) is 11.0 Å². The minimum atomic E-state index is -0.0448. The van der Waals surface area contributed by atoms with Gasteiger partial charge in [0.1, 0.15) is 0 Å². The fourth-order valence-corrected chi connectivity index (χ4v) is 2.82. The fraction of sp³-hybridized carbons (Fsp3) is 0.300. The van der Waals surface area contributed by atoms with Crippen LogP contribution in [0.4, 0.5) is 11.4 Å². The van der Waals surface area contributed by atoms with Gasteiger partial charge in [0, 0.05) is 37.9 Å². The summed E-state index contributed by atoms with van der Waals surface area (Å²) in [5.74, 6) is -0.0378. The predicted octanol–water partition coefficient (Wildman–Crippen LogP) is 3.08. The number of nitrogens with one attached hydrogen (secondary N) is 2. The molecular weight excluding hydrogens is 328 g/mol. The molecule has 0 spiro atoms. The second kappa shape index (κ2) is 7.07. The van der Waals surface area contributed by atoms with Gasteiger partial charge in [-0.1, -0.05) is 19.9 Å². The molecule has 0 aliphatic carbocycles. The van der Waals surface area contributed by atoms with Crippen molar-refractivity contribution in [3.05, 3.63) is 58.5 Å². The number of carbonyl (C=O) groups excluding carboxylic acids is 1. The third-order valence-electron chi connectivity index (χ3n) is 4.51. The molecule has 0 bridgehead atoms. The molecule has 3 aromatic rings. The first-order chi connectivity index (χ1) is 12.4. The van der Waals surface area contributed by atoms with Gasteiger partial charge in [-0.25, -0.2) is 4.79 Å². The fourth-order valence-electron chi connectivity index (χ4n) is 2.82. The maximum atomic E-state index is 12.0. The van der Waals surface area contributed by atoms with E-state index in [0.717, 1.165) is 28.0 Å². The molecule has 6 heteroatoms. The largest absolute Gasteiger partial charge is 0.381 e. The van der Waals surface area contributed by atoms with Crippen LogP contribution in [-0.2, 0) is 25.4 Å². The van der Waals surface area contributed by atoms with Gasteiger partial charge in [0.15, 0.2) is 0 Å². The zero-order chi connectivity index (χ0) is 18.8. The van der Waals surface area contributed by atoms with E-state index >= 15 is 0 Å². The Morgan fingerprint density at radius 1 is 0.962 bits per heavy atom. The summed E-state index contributed by atoms with van der Waals surface area (Å²) < 4.78 is 3.31. The van der Waals surface area contributed by atoms with E-state index in [1.807, 2.05) is 56.3 Å². The van der Waals surface area contributed by atoms with Crippen molar-refractivity contribution < 1.29 is 4.79 Å². The molecule has 0 radical (unpaired) electrons. The number of imidazole rings is 1. The van der Waals surface area contributed by atoms with Crippen LogP contribution in [0.25, 0.3) is 11.0 Å². The predicted molar refractivity (Wildman–Crippen MR) is 105 cm³/mol. The van der Waals surface area contributed by atoms with Crippen LogP contribution in [0.1, 0.15) is 19.4 Å². The molecule has 136 valence electrons. The average molecular weight is 352 g/mol. The Morgan fingerprint density at radius 2 is 1.58 bits per heavy atom. The number of anilines is 2. The zero-order valence-electron chi connectivity index (χ0n) is 15.5. The molecule has 1 heterocycles. The van der Waals surface area contributed by atoms with Crippen LogP contribution in [0.15, 0.2) is 47.3 Å². The molecule has 1 aromatic heterocycles. The average Bonchev–Trinajstić information content (AvgIpc) is 2.85. The summed E-state index contributed by atoms with van der Waals surface area (Å²) in [7, 11) is 3.56. The molecule has 0 aliphatic rings. The van der Waals surface area contributed by atoms with Gasteiger partial charge < -0.3 is 10.6 Å². The minimum absolute atomic E-state index is 0.00693. The summed E-state index contributed by atoms with van der Waals surface area (Å²) in [6.07, 6.45) is 0. The third kappa shape index (κ3) is 3.49. The van der Waals surface area contributed by atoms with E-state index in [1.54, 1.807) is 23.2 Å². The van der Waals surface area contributed by atoms with E-state index in [0.29, 0.717) is 6.54 Å². The van der Waals surface area contributed by atoms with E-state index in [9.17, 15) is 9.59 Å². The molecule has 0 aliphatic heterocycles. The lowest BCUT2D eigenvalue weighted by molar-refractivity contribution is -0.118. The molecule has 6 nitrogen and oxygen atoms in total. The normalized spacial score (nSPS) is 11.1. The van der Waals surface area contributed by atoms with Crippen LogP contribution in [0.3, 0.4) is 0 Å². The Hall–Kier alpha value is -3.02. The summed E-state index contributed by atoms with van der Waals surface area (Å²) in [5.41, 5.74) is 4.67. The number of hydrogen-bond acceptors (Lipinski definition) is 3. The Labute approximate surface area is 152 Å². The van der Waals surface area contributed by atoms with Gasteiger partial charge in [0.2, 0.25) is 5.91 Å². The van der Waals surface area contributed by atoms with E-state index in [4.69, 9.17) is 0 Å². The van der Waals surface area contributed by atoms with Gasteiger partial charge in [-0.3, -0.25) is 13.9 Å².